The Kier molecular flexibility index (Phi) is 7.54. The van der Waals surface area contributed by atoms with E-state index in [4.69, 9.17) is 14.5 Å². The molecule has 1 saturated heterocycles. The number of benzene rings is 1. The van der Waals surface area contributed by atoms with Crippen molar-refractivity contribution in [1.29, 1.82) is 0 Å². The van der Waals surface area contributed by atoms with Crippen molar-refractivity contribution in [2.75, 3.05) is 33.0 Å². The minimum Gasteiger partial charge on any atom is -0.467 e. The van der Waals surface area contributed by atoms with E-state index in [2.05, 4.69) is 17.1 Å². The van der Waals surface area contributed by atoms with Crippen LogP contribution in [-0.2, 0) is 17.8 Å². The molecule has 2 aliphatic heterocycles. The Morgan fingerprint density at radius 3 is 2.88 bits per heavy atom. The second kappa shape index (κ2) is 9.41. The van der Waals surface area contributed by atoms with Gasteiger partial charge < -0.3 is 19.7 Å². The molecule has 1 aromatic carbocycles. The van der Waals surface area contributed by atoms with Gasteiger partial charge in [-0.05, 0) is 43.9 Å². The molecule has 1 fully saturated rings. The molecule has 3 rings (SSSR count). The quantitative estimate of drug-likeness (QED) is 0.437. The van der Waals surface area contributed by atoms with Crippen LogP contribution >= 0.6 is 24.0 Å². The van der Waals surface area contributed by atoms with E-state index in [1.54, 1.807) is 6.07 Å². The second-order valence-corrected chi connectivity index (χ2v) is 5.84. The molecule has 0 amide bonds. The summed E-state index contributed by atoms with van der Waals surface area (Å²) >= 11 is 0. The topological polar surface area (TPSA) is 46.1 Å². The number of likely N-dealkylation sites (tertiary alicyclic amines) is 1. The molecule has 0 radical (unpaired) electrons. The van der Waals surface area contributed by atoms with Crippen molar-refractivity contribution < 1.29 is 13.9 Å². The summed E-state index contributed by atoms with van der Waals surface area (Å²) in [7, 11) is 0. The average molecular weight is 449 g/mol. The molecule has 0 aliphatic carbocycles. The van der Waals surface area contributed by atoms with Crippen LogP contribution in [0.4, 0.5) is 4.39 Å². The van der Waals surface area contributed by atoms with Gasteiger partial charge in [-0.25, -0.2) is 4.39 Å². The van der Waals surface area contributed by atoms with Gasteiger partial charge in [0.1, 0.15) is 11.6 Å². The normalized spacial score (nSPS) is 17.1. The SMILES string of the molecule is CCNC(=NCCc1cc(F)cc2c1OCOC2)N1CCCC1.I. The Morgan fingerprint density at radius 1 is 1.33 bits per heavy atom. The largest absolute Gasteiger partial charge is 0.467 e. The lowest BCUT2D eigenvalue weighted by Crippen LogP contribution is -2.39. The third kappa shape index (κ3) is 4.72. The van der Waals surface area contributed by atoms with E-state index in [9.17, 15) is 4.39 Å². The molecule has 134 valence electrons. The monoisotopic (exact) mass is 449 g/mol. The summed E-state index contributed by atoms with van der Waals surface area (Å²) in [6.45, 7) is 6.28. The molecule has 0 saturated carbocycles. The van der Waals surface area contributed by atoms with E-state index in [-0.39, 0.29) is 36.6 Å². The van der Waals surface area contributed by atoms with Crippen LogP contribution in [0.2, 0.25) is 0 Å². The highest BCUT2D eigenvalue weighted by atomic mass is 127. The Bertz CT molecular complexity index is 577. The van der Waals surface area contributed by atoms with Gasteiger partial charge in [-0.1, -0.05) is 0 Å². The number of hydrogen-bond donors (Lipinski definition) is 1. The summed E-state index contributed by atoms with van der Waals surface area (Å²) in [5, 5.41) is 3.34. The number of rotatable bonds is 4. The minimum atomic E-state index is -0.247. The van der Waals surface area contributed by atoms with Crippen molar-refractivity contribution in [3.05, 3.63) is 29.1 Å². The maximum Gasteiger partial charge on any atom is 0.193 e. The summed E-state index contributed by atoms with van der Waals surface area (Å²) in [6, 6.07) is 3.03. The van der Waals surface area contributed by atoms with Crippen LogP contribution in [0.1, 0.15) is 30.9 Å². The summed E-state index contributed by atoms with van der Waals surface area (Å²) in [4.78, 5) is 6.98. The average Bonchev–Trinajstić information content (AvgIpc) is 3.08. The lowest BCUT2D eigenvalue weighted by molar-refractivity contribution is -0.0172. The van der Waals surface area contributed by atoms with E-state index in [0.29, 0.717) is 19.6 Å². The lowest BCUT2D eigenvalue weighted by Gasteiger charge is -2.22. The highest BCUT2D eigenvalue weighted by Gasteiger charge is 2.18. The first-order valence-corrected chi connectivity index (χ1v) is 8.33. The number of fused-ring (bicyclic) bond motifs is 1. The molecular weight excluding hydrogens is 424 g/mol. The molecule has 0 bridgehead atoms. The molecule has 0 aromatic heterocycles. The van der Waals surface area contributed by atoms with Gasteiger partial charge in [-0.2, -0.15) is 0 Å². The first-order valence-electron chi connectivity index (χ1n) is 8.33. The van der Waals surface area contributed by atoms with Crippen molar-refractivity contribution in [1.82, 2.24) is 10.2 Å². The zero-order valence-corrected chi connectivity index (χ0v) is 16.3. The van der Waals surface area contributed by atoms with E-state index in [1.165, 1.54) is 18.9 Å². The van der Waals surface area contributed by atoms with Gasteiger partial charge in [-0.15, -0.1) is 24.0 Å². The Labute approximate surface area is 159 Å². The molecule has 0 atom stereocenters. The lowest BCUT2D eigenvalue weighted by atomic mass is 10.1. The van der Waals surface area contributed by atoms with Crippen molar-refractivity contribution in [3.8, 4) is 5.75 Å². The van der Waals surface area contributed by atoms with Gasteiger partial charge >= 0.3 is 0 Å². The number of guanidine groups is 1. The first kappa shape index (κ1) is 19.2. The highest BCUT2D eigenvalue weighted by molar-refractivity contribution is 14.0. The third-order valence-corrected chi connectivity index (χ3v) is 4.13. The molecule has 1 aromatic rings. The molecule has 5 nitrogen and oxygen atoms in total. The van der Waals surface area contributed by atoms with E-state index in [0.717, 1.165) is 42.5 Å². The van der Waals surface area contributed by atoms with Crippen molar-refractivity contribution in [3.63, 3.8) is 0 Å². The summed E-state index contributed by atoms with van der Waals surface area (Å²) in [5.41, 5.74) is 1.64. The third-order valence-electron chi connectivity index (χ3n) is 4.13. The van der Waals surface area contributed by atoms with Crippen LogP contribution in [0.25, 0.3) is 0 Å². The number of nitrogens with one attached hydrogen (secondary N) is 1. The van der Waals surface area contributed by atoms with E-state index in [1.807, 2.05) is 0 Å². The van der Waals surface area contributed by atoms with Gasteiger partial charge in [0, 0.05) is 31.7 Å². The molecule has 0 unspecified atom stereocenters. The van der Waals surface area contributed by atoms with Crippen LogP contribution in [0.3, 0.4) is 0 Å². The fourth-order valence-corrected chi connectivity index (χ4v) is 3.08. The van der Waals surface area contributed by atoms with Crippen molar-refractivity contribution >= 4 is 29.9 Å². The van der Waals surface area contributed by atoms with Gasteiger partial charge in [0.15, 0.2) is 12.8 Å². The summed E-state index contributed by atoms with van der Waals surface area (Å²) < 4.78 is 24.5. The Morgan fingerprint density at radius 2 is 2.12 bits per heavy atom. The zero-order chi connectivity index (χ0) is 16.1. The molecule has 2 aliphatic rings. The second-order valence-electron chi connectivity index (χ2n) is 5.84. The molecule has 1 N–H and O–H groups in total. The first-order chi connectivity index (χ1) is 11.3. The zero-order valence-electron chi connectivity index (χ0n) is 14.0. The number of nitrogens with zero attached hydrogens (tertiary/aromatic N) is 2. The maximum atomic E-state index is 13.7. The molecule has 0 spiro atoms. The highest BCUT2D eigenvalue weighted by Crippen LogP contribution is 2.29. The summed E-state index contributed by atoms with van der Waals surface area (Å²) in [6.07, 6.45) is 3.09. The predicted octanol–water partition coefficient (Wildman–Crippen LogP) is 2.91. The minimum absolute atomic E-state index is 0. The molecular formula is C17H25FIN3O2. The fourth-order valence-electron chi connectivity index (χ4n) is 3.08. The van der Waals surface area contributed by atoms with E-state index < -0.39 is 0 Å². The smallest absolute Gasteiger partial charge is 0.193 e. The van der Waals surface area contributed by atoms with Crippen molar-refractivity contribution in [2.24, 2.45) is 4.99 Å². The van der Waals surface area contributed by atoms with E-state index >= 15 is 0 Å². The van der Waals surface area contributed by atoms with Crippen LogP contribution < -0.4 is 10.1 Å². The molecule has 7 heteroatoms. The van der Waals surface area contributed by atoms with Crippen molar-refractivity contribution in [2.45, 2.75) is 32.8 Å². The number of halogens is 2. The number of aliphatic imine (C=N–C) groups is 1. The number of ether oxygens (including phenoxy) is 2. The van der Waals surface area contributed by atoms with Crippen LogP contribution in [0.15, 0.2) is 17.1 Å². The maximum absolute atomic E-state index is 13.7. The van der Waals surface area contributed by atoms with Crippen LogP contribution in [-0.4, -0.2) is 43.8 Å². The predicted molar refractivity (Wildman–Crippen MR) is 103 cm³/mol. The van der Waals surface area contributed by atoms with Crippen LogP contribution in [0, 0.1) is 5.82 Å². The molecule has 24 heavy (non-hydrogen) atoms. The van der Waals surface area contributed by atoms with Gasteiger partial charge in [0.25, 0.3) is 0 Å². The van der Waals surface area contributed by atoms with Crippen LogP contribution in [0.5, 0.6) is 5.75 Å². The summed E-state index contributed by atoms with van der Waals surface area (Å²) in [5.74, 6) is 1.47. The molecule has 2 heterocycles. The Balaban J connectivity index is 0.00000208. The van der Waals surface area contributed by atoms with Gasteiger partial charge in [0.05, 0.1) is 6.61 Å². The fraction of sp³-hybridized carbons (Fsp3) is 0.588. The Hall–Kier alpha value is -1.09. The van der Waals surface area contributed by atoms with Gasteiger partial charge in [0.2, 0.25) is 0 Å². The standard InChI is InChI=1S/C17H24FN3O2.HI/c1-2-19-17(21-7-3-4-8-21)20-6-5-13-9-15(18)10-14-11-22-12-23-16(13)14;/h9-10H,2-8,11-12H2,1H3,(H,19,20);1H. The van der Waals surface area contributed by atoms with Gasteiger partial charge in [-0.3, -0.25) is 4.99 Å². The number of hydrogen-bond acceptors (Lipinski definition) is 3.